The van der Waals surface area contributed by atoms with Crippen LogP contribution in [0.15, 0.2) is 42.2 Å². The molecule has 0 aliphatic heterocycles. The van der Waals surface area contributed by atoms with Crippen LogP contribution in [-0.4, -0.2) is 0 Å². The molecular weight excluding hydrogens is 335 g/mol. The molecule has 0 spiro atoms. The van der Waals surface area contributed by atoms with Crippen LogP contribution in [0.3, 0.4) is 0 Å². The Kier molecular flexibility index (Phi) is 6.73. The van der Waals surface area contributed by atoms with Gasteiger partial charge >= 0.3 is 0 Å². The molecule has 0 saturated carbocycles. The van der Waals surface area contributed by atoms with Gasteiger partial charge in [0.2, 0.25) is 0 Å². The van der Waals surface area contributed by atoms with E-state index in [0.29, 0.717) is 24.0 Å². The number of allylic oxidation sites excluding steroid dienone is 1. The molecular formula is C20H19F5. The molecule has 0 amide bonds. The average Bonchev–Trinajstić information content (AvgIpc) is 2.61. The standard InChI is InChI=1S/C20H19F5/c1-2-3-7-16(21)19(24)15-6-4-5-13(10-15)8-9-14-11-17(22)20(25)18(23)12-14/h4-6,10-12H,2-3,7-9H2,1H3/b19-16+. The zero-order valence-corrected chi connectivity index (χ0v) is 13.9. The lowest BCUT2D eigenvalue weighted by Crippen LogP contribution is -1.97. The molecule has 0 N–H and O–H groups in total. The van der Waals surface area contributed by atoms with Gasteiger partial charge in [-0.3, -0.25) is 0 Å². The van der Waals surface area contributed by atoms with E-state index in [4.69, 9.17) is 0 Å². The van der Waals surface area contributed by atoms with Crippen LogP contribution in [0.2, 0.25) is 0 Å². The second kappa shape index (κ2) is 8.79. The summed E-state index contributed by atoms with van der Waals surface area (Å²) in [5, 5.41) is 0. The highest BCUT2D eigenvalue weighted by Crippen LogP contribution is 2.26. The Morgan fingerprint density at radius 3 is 2.16 bits per heavy atom. The maximum absolute atomic E-state index is 14.1. The highest BCUT2D eigenvalue weighted by Gasteiger charge is 2.12. The summed E-state index contributed by atoms with van der Waals surface area (Å²) in [5.74, 6) is -5.64. The van der Waals surface area contributed by atoms with Crippen LogP contribution in [0.1, 0.15) is 42.9 Å². The monoisotopic (exact) mass is 354 g/mol. The van der Waals surface area contributed by atoms with Gasteiger partial charge < -0.3 is 0 Å². The first kappa shape index (κ1) is 19.2. The Morgan fingerprint density at radius 2 is 1.52 bits per heavy atom. The Hall–Kier alpha value is -2.17. The van der Waals surface area contributed by atoms with Crippen molar-refractivity contribution >= 4 is 5.83 Å². The maximum Gasteiger partial charge on any atom is 0.194 e. The first-order valence-corrected chi connectivity index (χ1v) is 8.19. The van der Waals surface area contributed by atoms with Crippen molar-refractivity contribution in [3.8, 4) is 0 Å². The third kappa shape index (κ3) is 5.15. The van der Waals surface area contributed by atoms with Gasteiger partial charge in [0, 0.05) is 12.0 Å². The minimum Gasteiger partial charge on any atom is -0.209 e. The van der Waals surface area contributed by atoms with Gasteiger partial charge in [0.1, 0.15) is 5.83 Å². The highest BCUT2D eigenvalue weighted by atomic mass is 19.2. The number of unbranched alkanes of at least 4 members (excludes halogenated alkanes) is 1. The van der Waals surface area contributed by atoms with Crippen molar-refractivity contribution in [3.05, 3.63) is 76.4 Å². The molecule has 25 heavy (non-hydrogen) atoms. The summed E-state index contributed by atoms with van der Waals surface area (Å²) in [7, 11) is 0. The summed E-state index contributed by atoms with van der Waals surface area (Å²) < 4.78 is 67.2. The number of rotatable bonds is 7. The molecule has 0 nitrogen and oxygen atoms in total. The molecule has 0 fully saturated rings. The number of hydrogen-bond donors (Lipinski definition) is 0. The van der Waals surface area contributed by atoms with Crippen molar-refractivity contribution < 1.29 is 22.0 Å². The number of aryl methyl sites for hydroxylation is 2. The highest BCUT2D eigenvalue weighted by molar-refractivity contribution is 5.61. The molecule has 134 valence electrons. The van der Waals surface area contributed by atoms with Gasteiger partial charge in [-0.1, -0.05) is 31.5 Å². The van der Waals surface area contributed by atoms with Gasteiger partial charge in [-0.2, -0.15) is 0 Å². The second-order valence-electron chi connectivity index (χ2n) is 5.90. The summed E-state index contributed by atoms with van der Waals surface area (Å²) in [6.07, 6.45) is 2.01. The number of hydrogen-bond acceptors (Lipinski definition) is 0. The van der Waals surface area contributed by atoms with E-state index < -0.39 is 29.1 Å². The molecule has 0 heterocycles. The van der Waals surface area contributed by atoms with Crippen molar-refractivity contribution in [1.29, 1.82) is 0 Å². The molecule has 0 bridgehead atoms. The molecule has 2 aromatic rings. The van der Waals surface area contributed by atoms with E-state index in [0.717, 1.165) is 18.6 Å². The van der Waals surface area contributed by atoms with Crippen LogP contribution < -0.4 is 0 Å². The Bertz CT molecular complexity index is 741. The lowest BCUT2D eigenvalue weighted by molar-refractivity contribution is 0.445. The first-order valence-electron chi connectivity index (χ1n) is 8.19. The van der Waals surface area contributed by atoms with E-state index >= 15 is 0 Å². The average molecular weight is 354 g/mol. The molecule has 2 aromatic carbocycles. The third-order valence-corrected chi connectivity index (χ3v) is 3.91. The van der Waals surface area contributed by atoms with Gasteiger partial charge in [-0.05, 0) is 48.6 Å². The molecule has 0 aromatic heterocycles. The van der Waals surface area contributed by atoms with Crippen molar-refractivity contribution in [2.75, 3.05) is 0 Å². The molecule has 0 saturated heterocycles. The van der Waals surface area contributed by atoms with Crippen molar-refractivity contribution in [2.24, 2.45) is 0 Å². The van der Waals surface area contributed by atoms with Crippen LogP contribution in [0.5, 0.6) is 0 Å². The Balaban J connectivity index is 2.12. The molecule has 0 aliphatic carbocycles. The zero-order valence-electron chi connectivity index (χ0n) is 13.9. The van der Waals surface area contributed by atoms with Gasteiger partial charge in [-0.15, -0.1) is 0 Å². The third-order valence-electron chi connectivity index (χ3n) is 3.91. The fourth-order valence-corrected chi connectivity index (χ4v) is 2.50. The topological polar surface area (TPSA) is 0 Å². The van der Waals surface area contributed by atoms with Crippen molar-refractivity contribution in [3.63, 3.8) is 0 Å². The van der Waals surface area contributed by atoms with Gasteiger partial charge in [-0.25, -0.2) is 22.0 Å². The first-order chi connectivity index (χ1) is 11.9. The predicted molar refractivity (Wildman–Crippen MR) is 88.8 cm³/mol. The molecule has 5 heteroatoms. The molecule has 0 radical (unpaired) electrons. The fourth-order valence-electron chi connectivity index (χ4n) is 2.50. The summed E-state index contributed by atoms with van der Waals surface area (Å²) in [4.78, 5) is 0. The lowest BCUT2D eigenvalue weighted by atomic mass is 10.0. The molecule has 0 unspecified atom stereocenters. The summed E-state index contributed by atoms with van der Waals surface area (Å²) in [6.45, 7) is 1.90. The quantitative estimate of drug-likeness (QED) is 0.384. The van der Waals surface area contributed by atoms with E-state index in [1.807, 2.05) is 6.92 Å². The smallest absolute Gasteiger partial charge is 0.194 e. The van der Waals surface area contributed by atoms with E-state index in [1.165, 1.54) is 12.1 Å². The van der Waals surface area contributed by atoms with Crippen LogP contribution >= 0.6 is 0 Å². The second-order valence-corrected chi connectivity index (χ2v) is 5.90. The fraction of sp³-hybridized carbons (Fsp3) is 0.300. The summed E-state index contributed by atoms with van der Waals surface area (Å²) >= 11 is 0. The van der Waals surface area contributed by atoms with E-state index in [-0.39, 0.29) is 18.4 Å². The Labute approximate surface area is 144 Å². The normalized spacial score (nSPS) is 12.2. The molecule has 2 rings (SSSR count). The maximum atomic E-state index is 14.1. The number of benzene rings is 2. The summed E-state index contributed by atoms with van der Waals surface area (Å²) in [6, 6.07) is 8.18. The predicted octanol–water partition coefficient (Wildman–Crippen LogP) is 6.69. The van der Waals surface area contributed by atoms with Crippen LogP contribution in [0.4, 0.5) is 22.0 Å². The van der Waals surface area contributed by atoms with E-state index in [9.17, 15) is 22.0 Å². The number of halogens is 5. The summed E-state index contributed by atoms with van der Waals surface area (Å²) in [5.41, 5.74) is 1.13. The Morgan fingerprint density at radius 1 is 0.880 bits per heavy atom. The van der Waals surface area contributed by atoms with E-state index in [2.05, 4.69) is 0 Å². The van der Waals surface area contributed by atoms with Crippen LogP contribution in [0.25, 0.3) is 5.83 Å². The largest absolute Gasteiger partial charge is 0.209 e. The lowest BCUT2D eigenvalue weighted by Gasteiger charge is -2.07. The van der Waals surface area contributed by atoms with Crippen LogP contribution in [0, 0.1) is 17.5 Å². The molecule has 0 aliphatic rings. The van der Waals surface area contributed by atoms with Gasteiger partial charge in [0.05, 0.1) is 0 Å². The van der Waals surface area contributed by atoms with Crippen LogP contribution in [-0.2, 0) is 12.8 Å². The zero-order chi connectivity index (χ0) is 18.4. The molecule has 0 atom stereocenters. The minimum absolute atomic E-state index is 0.0562. The van der Waals surface area contributed by atoms with Crippen molar-refractivity contribution in [1.82, 2.24) is 0 Å². The van der Waals surface area contributed by atoms with Crippen molar-refractivity contribution in [2.45, 2.75) is 39.0 Å². The van der Waals surface area contributed by atoms with Gasteiger partial charge in [0.15, 0.2) is 23.3 Å². The van der Waals surface area contributed by atoms with Gasteiger partial charge in [0.25, 0.3) is 0 Å². The van der Waals surface area contributed by atoms with E-state index in [1.54, 1.807) is 12.1 Å². The SMILES string of the molecule is CCCC/C(F)=C(\F)c1cccc(CCc2cc(F)c(F)c(F)c2)c1. The minimum atomic E-state index is -1.50.